The van der Waals surface area contributed by atoms with E-state index in [9.17, 15) is 9.18 Å². The summed E-state index contributed by atoms with van der Waals surface area (Å²) in [6.07, 6.45) is 0. The Labute approximate surface area is 115 Å². The SMILES string of the molecule is O=c1[nH]c2ccsc2c2nc(-c3ccc(F)cc3)nn12. The molecule has 0 unspecified atom stereocenters. The molecule has 0 bridgehead atoms. The van der Waals surface area contributed by atoms with Crippen LogP contribution in [0.2, 0.25) is 0 Å². The quantitative estimate of drug-likeness (QED) is 0.584. The highest BCUT2D eigenvalue weighted by molar-refractivity contribution is 7.17. The zero-order chi connectivity index (χ0) is 13.7. The Kier molecular flexibility index (Phi) is 2.25. The molecule has 20 heavy (non-hydrogen) atoms. The standard InChI is InChI=1S/C13H7FN4OS/c14-8-3-1-7(2-4-8)11-16-12-10-9(5-6-20-10)15-13(19)18(12)17-11/h1-6H,(H,15,19). The fourth-order valence-corrected chi connectivity index (χ4v) is 2.89. The van der Waals surface area contributed by atoms with Crippen molar-refractivity contribution >= 4 is 27.2 Å². The lowest BCUT2D eigenvalue weighted by molar-refractivity contribution is 0.628. The summed E-state index contributed by atoms with van der Waals surface area (Å²) >= 11 is 1.48. The van der Waals surface area contributed by atoms with Crippen LogP contribution in [0.15, 0.2) is 40.5 Å². The monoisotopic (exact) mass is 286 g/mol. The van der Waals surface area contributed by atoms with Gasteiger partial charge in [0.25, 0.3) is 0 Å². The minimum atomic E-state index is -0.341. The highest BCUT2D eigenvalue weighted by atomic mass is 32.1. The summed E-state index contributed by atoms with van der Waals surface area (Å²) in [6, 6.07) is 7.68. The third-order valence-corrected chi connectivity index (χ3v) is 3.92. The second-order valence-corrected chi connectivity index (χ2v) is 5.19. The van der Waals surface area contributed by atoms with Crippen LogP contribution in [0.4, 0.5) is 4.39 Å². The first kappa shape index (κ1) is 11.3. The summed E-state index contributed by atoms with van der Waals surface area (Å²) in [5.41, 5.74) is 1.58. The normalized spacial score (nSPS) is 11.4. The molecule has 3 heterocycles. The van der Waals surface area contributed by atoms with Crippen LogP contribution in [0.5, 0.6) is 0 Å². The molecule has 0 radical (unpaired) electrons. The molecule has 0 saturated carbocycles. The van der Waals surface area contributed by atoms with E-state index >= 15 is 0 Å². The number of aromatic nitrogens is 4. The van der Waals surface area contributed by atoms with Crippen molar-refractivity contribution in [2.24, 2.45) is 0 Å². The number of nitrogens with one attached hydrogen (secondary N) is 1. The molecule has 0 amide bonds. The van der Waals surface area contributed by atoms with Gasteiger partial charge >= 0.3 is 5.69 Å². The van der Waals surface area contributed by atoms with Gasteiger partial charge in [0.1, 0.15) is 5.82 Å². The van der Waals surface area contributed by atoms with Gasteiger partial charge < -0.3 is 4.98 Å². The van der Waals surface area contributed by atoms with Crippen molar-refractivity contribution in [3.05, 3.63) is 52.0 Å². The average Bonchev–Trinajstić information content (AvgIpc) is 3.05. The predicted molar refractivity (Wildman–Crippen MR) is 74.4 cm³/mol. The second-order valence-electron chi connectivity index (χ2n) is 4.27. The number of rotatable bonds is 1. The van der Waals surface area contributed by atoms with Gasteiger partial charge in [-0.1, -0.05) is 0 Å². The van der Waals surface area contributed by atoms with Crippen molar-refractivity contribution < 1.29 is 4.39 Å². The molecule has 4 aromatic rings. The Hall–Kier alpha value is -2.54. The Morgan fingerprint density at radius 2 is 2.00 bits per heavy atom. The predicted octanol–water partition coefficient (Wildman–Crippen LogP) is 2.44. The van der Waals surface area contributed by atoms with E-state index in [1.165, 1.54) is 28.0 Å². The number of hydrogen-bond acceptors (Lipinski definition) is 4. The van der Waals surface area contributed by atoms with Gasteiger partial charge in [-0.15, -0.1) is 16.4 Å². The van der Waals surface area contributed by atoms with E-state index in [1.54, 1.807) is 12.1 Å². The maximum atomic E-state index is 12.9. The van der Waals surface area contributed by atoms with E-state index in [0.717, 1.165) is 10.2 Å². The number of nitrogens with zero attached hydrogens (tertiary/aromatic N) is 3. The van der Waals surface area contributed by atoms with Gasteiger partial charge in [-0.2, -0.15) is 4.52 Å². The molecule has 98 valence electrons. The first-order valence-corrected chi connectivity index (χ1v) is 6.72. The van der Waals surface area contributed by atoms with Crippen LogP contribution in [-0.2, 0) is 0 Å². The molecule has 0 saturated heterocycles. The van der Waals surface area contributed by atoms with E-state index < -0.39 is 0 Å². The Bertz CT molecular complexity index is 983. The smallest absolute Gasteiger partial charge is 0.304 e. The molecular formula is C13H7FN4OS. The largest absolute Gasteiger partial charge is 0.348 e. The summed E-state index contributed by atoms with van der Waals surface area (Å²) in [7, 11) is 0. The van der Waals surface area contributed by atoms with Crippen molar-refractivity contribution in [3.63, 3.8) is 0 Å². The molecule has 1 aromatic carbocycles. The lowest BCUT2D eigenvalue weighted by atomic mass is 10.2. The van der Waals surface area contributed by atoms with Crippen LogP contribution in [0.3, 0.4) is 0 Å². The Morgan fingerprint density at radius 1 is 1.20 bits per heavy atom. The first-order valence-electron chi connectivity index (χ1n) is 5.84. The fraction of sp³-hybridized carbons (Fsp3) is 0. The number of hydrogen-bond donors (Lipinski definition) is 1. The molecule has 0 aliphatic rings. The lowest BCUT2D eigenvalue weighted by Crippen LogP contribution is -2.16. The molecule has 1 N–H and O–H groups in total. The van der Waals surface area contributed by atoms with Gasteiger partial charge in [0.15, 0.2) is 11.5 Å². The summed E-state index contributed by atoms with van der Waals surface area (Å²) in [5.74, 6) is 0.0763. The number of fused-ring (bicyclic) bond motifs is 3. The topological polar surface area (TPSA) is 63.0 Å². The highest BCUT2D eigenvalue weighted by Gasteiger charge is 2.12. The first-order chi connectivity index (χ1) is 9.72. The molecule has 5 nitrogen and oxygen atoms in total. The van der Waals surface area contributed by atoms with E-state index in [4.69, 9.17) is 0 Å². The third kappa shape index (κ3) is 1.56. The summed E-state index contributed by atoms with van der Waals surface area (Å²) in [5, 5.41) is 6.07. The van der Waals surface area contributed by atoms with Crippen LogP contribution in [0.1, 0.15) is 0 Å². The molecule has 0 aliphatic carbocycles. The molecule has 0 atom stereocenters. The van der Waals surface area contributed by atoms with Gasteiger partial charge in [0, 0.05) is 5.56 Å². The maximum Gasteiger partial charge on any atom is 0.348 e. The van der Waals surface area contributed by atoms with Crippen LogP contribution in [0.25, 0.3) is 27.3 Å². The summed E-state index contributed by atoms with van der Waals surface area (Å²) < 4.78 is 15.0. The minimum absolute atomic E-state index is 0.323. The molecular weight excluding hydrogens is 279 g/mol. The molecule has 3 aromatic heterocycles. The number of thiophene rings is 1. The molecule has 0 aliphatic heterocycles. The van der Waals surface area contributed by atoms with Crippen LogP contribution in [-0.4, -0.2) is 19.6 Å². The van der Waals surface area contributed by atoms with E-state index in [0.29, 0.717) is 17.0 Å². The molecule has 0 spiro atoms. The van der Waals surface area contributed by atoms with Gasteiger partial charge in [0.05, 0.1) is 10.2 Å². The second kappa shape index (κ2) is 3.97. The minimum Gasteiger partial charge on any atom is -0.304 e. The average molecular weight is 286 g/mol. The van der Waals surface area contributed by atoms with Crippen molar-refractivity contribution in [1.82, 2.24) is 19.6 Å². The van der Waals surface area contributed by atoms with Gasteiger partial charge in [-0.3, -0.25) is 0 Å². The van der Waals surface area contributed by atoms with Crippen LogP contribution in [0, 0.1) is 5.82 Å². The van der Waals surface area contributed by atoms with E-state index in [2.05, 4.69) is 15.1 Å². The lowest BCUT2D eigenvalue weighted by Gasteiger charge is -1.92. The zero-order valence-corrected chi connectivity index (χ0v) is 10.8. The van der Waals surface area contributed by atoms with Crippen molar-refractivity contribution in [3.8, 4) is 11.4 Å². The Morgan fingerprint density at radius 3 is 2.80 bits per heavy atom. The van der Waals surface area contributed by atoms with Crippen molar-refractivity contribution in [2.75, 3.05) is 0 Å². The van der Waals surface area contributed by atoms with Crippen LogP contribution < -0.4 is 5.69 Å². The van der Waals surface area contributed by atoms with E-state index in [1.807, 2.05) is 11.4 Å². The zero-order valence-electron chi connectivity index (χ0n) is 10.0. The fourth-order valence-electron chi connectivity index (χ4n) is 2.07. The summed E-state index contributed by atoms with van der Waals surface area (Å²) in [6.45, 7) is 0. The van der Waals surface area contributed by atoms with Crippen LogP contribution >= 0.6 is 11.3 Å². The number of halogens is 1. The van der Waals surface area contributed by atoms with Gasteiger partial charge in [-0.25, -0.2) is 14.2 Å². The summed E-state index contributed by atoms with van der Waals surface area (Å²) in [4.78, 5) is 19.1. The molecule has 0 fully saturated rings. The third-order valence-electron chi connectivity index (χ3n) is 3.01. The maximum absolute atomic E-state index is 12.9. The van der Waals surface area contributed by atoms with E-state index in [-0.39, 0.29) is 11.5 Å². The number of H-pyrrole nitrogens is 1. The molecule has 4 rings (SSSR count). The van der Waals surface area contributed by atoms with Crippen molar-refractivity contribution in [1.29, 1.82) is 0 Å². The molecule has 7 heteroatoms. The Balaban J connectivity index is 2.05. The number of aromatic amines is 1. The van der Waals surface area contributed by atoms with Gasteiger partial charge in [-0.05, 0) is 35.7 Å². The highest BCUT2D eigenvalue weighted by Crippen LogP contribution is 2.23. The van der Waals surface area contributed by atoms with Crippen molar-refractivity contribution in [2.45, 2.75) is 0 Å². The number of benzene rings is 1. The van der Waals surface area contributed by atoms with Gasteiger partial charge in [0.2, 0.25) is 0 Å².